The molecule has 0 saturated carbocycles. The Morgan fingerprint density at radius 2 is 1.11 bits per heavy atom. The van der Waals surface area contributed by atoms with E-state index in [-0.39, 0.29) is 17.9 Å². The van der Waals surface area contributed by atoms with Crippen molar-refractivity contribution >= 4 is 34.1 Å². The van der Waals surface area contributed by atoms with E-state index in [4.69, 9.17) is 4.98 Å². The minimum absolute atomic E-state index is 0.164. The van der Waals surface area contributed by atoms with E-state index in [1.807, 2.05) is 60.7 Å². The molecule has 2 amide bonds. The molecule has 7 heteroatoms. The van der Waals surface area contributed by atoms with Crippen LogP contribution in [0.4, 0.5) is 11.4 Å². The highest BCUT2D eigenvalue weighted by molar-refractivity contribution is 6.21. The first-order valence-electron chi connectivity index (χ1n) is 11.5. The molecule has 0 saturated heterocycles. The van der Waals surface area contributed by atoms with Crippen LogP contribution in [0.25, 0.3) is 10.9 Å². The highest BCUT2D eigenvalue weighted by Crippen LogP contribution is 2.28. The first-order chi connectivity index (χ1) is 17.6. The summed E-state index contributed by atoms with van der Waals surface area (Å²) in [5.41, 5.74) is 2.34. The number of hydrogen-bond acceptors (Lipinski definition) is 5. The van der Waals surface area contributed by atoms with Gasteiger partial charge in [-0.2, -0.15) is 4.68 Å². The van der Waals surface area contributed by atoms with Crippen molar-refractivity contribution in [3.63, 3.8) is 0 Å². The molecule has 1 aliphatic heterocycles. The fourth-order valence-electron chi connectivity index (χ4n) is 4.52. The van der Waals surface area contributed by atoms with Crippen molar-refractivity contribution in [1.29, 1.82) is 0 Å². The number of carbonyl (C=O) groups is 2. The van der Waals surface area contributed by atoms with Gasteiger partial charge in [-0.15, -0.1) is 0 Å². The summed E-state index contributed by atoms with van der Waals surface area (Å²) in [6.07, 6.45) is 0. The van der Waals surface area contributed by atoms with Gasteiger partial charge in [0.25, 0.3) is 17.4 Å². The normalized spacial score (nSPS) is 12.7. The zero-order valence-corrected chi connectivity index (χ0v) is 19.1. The van der Waals surface area contributed by atoms with Gasteiger partial charge in [0.2, 0.25) is 0 Å². The quantitative estimate of drug-likeness (QED) is 0.344. The summed E-state index contributed by atoms with van der Waals surface area (Å²) in [5.74, 6) is -0.549. The topological polar surface area (TPSA) is 75.5 Å². The molecule has 4 aromatic carbocycles. The second-order valence-corrected chi connectivity index (χ2v) is 8.39. The van der Waals surface area contributed by atoms with Gasteiger partial charge >= 0.3 is 0 Å². The maximum absolute atomic E-state index is 14.0. The van der Waals surface area contributed by atoms with Crippen molar-refractivity contribution < 1.29 is 9.59 Å². The summed E-state index contributed by atoms with van der Waals surface area (Å²) in [4.78, 5) is 46.2. The van der Waals surface area contributed by atoms with E-state index >= 15 is 0 Å². The van der Waals surface area contributed by atoms with Crippen LogP contribution < -0.4 is 10.6 Å². The number of fused-ring (bicyclic) bond motifs is 2. The minimum Gasteiger partial charge on any atom is -0.269 e. The van der Waals surface area contributed by atoms with Crippen LogP contribution >= 0.6 is 0 Å². The Kier molecular flexibility index (Phi) is 5.15. The number of aromatic nitrogens is 2. The van der Waals surface area contributed by atoms with Crippen molar-refractivity contribution in [1.82, 2.24) is 14.6 Å². The monoisotopic (exact) mass is 472 g/mol. The molecule has 0 N–H and O–H groups in total. The summed E-state index contributed by atoms with van der Waals surface area (Å²) in [6.45, 7) is -0.164. The predicted octanol–water partition coefficient (Wildman–Crippen LogP) is 4.79. The van der Waals surface area contributed by atoms with E-state index in [0.29, 0.717) is 22.0 Å². The van der Waals surface area contributed by atoms with Crippen LogP contribution in [0, 0.1) is 0 Å². The molecule has 0 unspecified atom stereocenters. The number of hydrogen-bond donors (Lipinski definition) is 0. The highest BCUT2D eigenvalue weighted by Gasteiger charge is 2.36. The van der Waals surface area contributed by atoms with Gasteiger partial charge in [-0.25, -0.2) is 9.99 Å². The Hall–Kier alpha value is -5.04. The molecule has 5 aromatic rings. The van der Waals surface area contributed by atoms with Crippen molar-refractivity contribution in [2.45, 2.75) is 6.54 Å². The van der Waals surface area contributed by atoms with Crippen molar-refractivity contribution in [3.05, 3.63) is 136 Å². The number of benzene rings is 4. The standard InChI is InChI=1S/C29H20N4O3/c34-27-22-15-7-8-16-23(22)28(35)31(27)19-26-30-25-18-10-9-17-24(25)29(36)33(26)32(20-11-3-1-4-12-20)21-13-5-2-6-14-21/h1-18H,19H2. The Labute approximate surface area is 206 Å². The number of nitrogens with zero attached hydrogens (tertiary/aromatic N) is 4. The Morgan fingerprint density at radius 3 is 1.69 bits per heavy atom. The van der Waals surface area contributed by atoms with Crippen LogP contribution in [0.2, 0.25) is 0 Å². The molecule has 0 fully saturated rings. The van der Waals surface area contributed by atoms with Gasteiger partial charge in [0.15, 0.2) is 5.82 Å². The number of amides is 2. The van der Waals surface area contributed by atoms with E-state index in [1.165, 1.54) is 4.68 Å². The lowest BCUT2D eigenvalue weighted by atomic mass is 10.1. The van der Waals surface area contributed by atoms with Gasteiger partial charge in [-0.1, -0.05) is 60.7 Å². The maximum atomic E-state index is 14.0. The third-order valence-corrected chi connectivity index (χ3v) is 6.20. The van der Waals surface area contributed by atoms with Gasteiger partial charge in [0.05, 0.1) is 39.9 Å². The molecule has 0 atom stereocenters. The molecule has 174 valence electrons. The first kappa shape index (κ1) is 21.5. The molecule has 7 nitrogen and oxygen atoms in total. The smallest absolute Gasteiger partial charge is 0.269 e. The van der Waals surface area contributed by atoms with E-state index < -0.39 is 11.8 Å². The molecule has 6 rings (SSSR count). The van der Waals surface area contributed by atoms with E-state index in [0.717, 1.165) is 16.3 Å². The zero-order valence-electron chi connectivity index (χ0n) is 19.1. The average molecular weight is 473 g/mol. The molecular weight excluding hydrogens is 452 g/mol. The lowest BCUT2D eigenvalue weighted by Gasteiger charge is -2.29. The minimum atomic E-state index is -0.407. The summed E-state index contributed by atoms with van der Waals surface area (Å²) in [5, 5.41) is 2.19. The molecule has 0 radical (unpaired) electrons. The molecule has 1 aliphatic rings. The summed E-state index contributed by atoms with van der Waals surface area (Å²) in [7, 11) is 0. The Balaban J connectivity index is 1.58. The van der Waals surface area contributed by atoms with Crippen LogP contribution in [0.5, 0.6) is 0 Å². The number of imide groups is 1. The lowest BCUT2D eigenvalue weighted by Crippen LogP contribution is -2.41. The van der Waals surface area contributed by atoms with E-state index in [1.54, 1.807) is 53.5 Å². The molecular formula is C29H20N4O3. The summed E-state index contributed by atoms with van der Waals surface area (Å²) in [6, 6.07) is 32.7. The van der Waals surface area contributed by atoms with Gasteiger partial charge < -0.3 is 0 Å². The molecule has 0 aliphatic carbocycles. The van der Waals surface area contributed by atoms with Crippen molar-refractivity contribution in [2.24, 2.45) is 0 Å². The van der Waals surface area contributed by atoms with E-state index in [2.05, 4.69) is 0 Å². The number of rotatable bonds is 5. The zero-order chi connectivity index (χ0) is 24.6. The van der Waals surface area contributed by atoms with Gasteiger partial charge in [0.1, 0.15) is 0 Å². The summed E-state index contributed by atoms with van der Waals surface area (Å²) < 4.78 is 1.45. The first-order valence-corrected chi connectivity index (χ1v) is 11.5. The number of anilines is 2. The third-order valence-electron chi connectivity index (χ3n) is 6.20. The molecule has 0 spiro atoms. The SMILES string of the molecule is O=C1c2ccccc2C(=O)N1Cc1nc2ccccc2c(=O)n1N(c1ccccc1)c1ccccc1. The Morgan fingerprint density at radius 1 is 0.611 bits per heavy atom. The second kappa shape index (κ2) is 8.63. The second-order valence-electron chi connectivity index (χ2n) is 8.39. The van der Waals surface area contributed by atoms with E-state index in [9.17, 15) is 14.4 Å². The molecule has 0 bridgehead atoms. The van der Waals surface area contributed by atoms with Gasteiger partial charge in [-0.3, -0.25) is 19.3 Å². The fraction of sp³-hybridized carbons (Fsp3) is 0.0345. The molecule has 2 heterocycles. The van der Waals surface area contributed by atoms with Gasteiger partial charge in [-0.05, 0) is 48.5 Å². The predicted molar refractivity (Wildman–Crippen MR) is 137 cm³/mol. The van der Waals surface area contributed by atoms with Gasteiger partial charge in [0, 0.05) is 0 Å². The number of carbonyl (C=O) groups excluding carboxylic acids is 2. The Bertz CT molecular complexity index is 1610. The van der Waals surface area contributed by atoms with Crippen LogP contribution in [0.15, 0.2) is 114 Å². The fourth-order valence-corrected chi connectivity index (χ4v) is 4.52. The largest absolute Gasteiger partial charge is 0.280 e. The van der Waals surface area contributed by atoms with Crippen LogP contribution in [-0.4, -0.2) is 26.4 Å². The lowest BCUT2D eigenvalue weighted by molar-refractivity contribution is 0.0636. The van der Waals surface area contributed by atoms with Crippen molar-refractivity contribution in [2.75, 3.05) is 5.01 Å². The van der Waals surface area contributed by atoms with Crippen molar-refractivity contribution in [3.8, 4) is 0 Å². The molecule has 1 aromatic heterocycles. The maximum Gasteiger partial charge on any atom is 0.280 e. The highest BCUT2D eigenvalue weighted by atomic mass is 16.2. The van der Waals surface area contributed by atoms with Crippen LogP contribution in [-0.2, 0) is 6.54 Å². The van der Waals surface area contributed by atoms with Crippen LogP contribution in [0.1, 0.15) is 26.5 Å². The summed E-state index contributed by atoms with van der Waals surface area (Å²) >= 11 is 0. The molecule has 36 heavy (non-hydrogen) atoms. The third kappa shape index (κ3) is 3.45. The average Bonchev–Trinajstić information content (AvgIpc) is 3.17. The van der Waals surface area contributed by atoms with Crippen LogP contribution in [0.3, 0.4) is 0 Å². The number of para-hydroxylation sites is 3.